The lowest BCUT2D eigenvalue weighted by atomic mass is 10.1. The third-order valence-electron chi connectivity index (χ3n) is 5.70. The smallest absolute Gasteiger partial charge is 0.257 e. The fraction of sp³-hybridized carbons (Fsp3) is 0.261. The summed E-state index contributed by atoms with van der Waals surface area (Å²) in [7, 11) is -3.57. The summed E-state index contributed by atoms with van der Waals surface area (Å²) in [5, 5.41) is 5.93. The molecular weight excluding hydrogens is 476 g/mol. The van der Waals surface area contributed by atoms with Crippen molar-refractivity contribution in [2.75, 3.05) is 11.9 Å². The highest BCUT2D eigenvalue weighted by Gasteiger charge is 2.31. The summed E-state index contributed by atoms with van der Waals surface area (Å²) < 4.78 is 28.6. The van der Waals surface area contributed by atoms with Crippen LogP contribution in [-0.4, -0.2) is 41.2 Å². The molecule has 1 amide bonds. The summed E-state index contributed by atoms with van der Waals surface area (Å²) in [6, 6.07) is 14.0. The van der Waals surface area contributed by atoms with Gasteiger partial charge in [0.25, 0.3) is 5.91 Å². The first-order valence-corrected chi connectivity index (χ1v) is 13.8. The van der Waals surface area contributed by atoms with Gasteiger partial charge in [0.1, 0.15) is 10.7 Å². The molecular formula is C23H22N4O3S3. The van der Waals surface area contributed by atoms with Gasteiger partial charge in [0.2, 0.25) is 10.0 Å². The molecule has 0 aliphatic carbocycles. The van der Waals surface area contributed by atoms with E-state index in [-0.39, 0.29) is 16.8 Å². The summed E-state index contributed by atoms with van der Waals surface area (Å²) in [4.78, 5) is 22.0. The Bertz CT molecular complexity index is 1380. The first-order chi connectivity index (χ1) is 15.9. The molecule has 1 fully saturated rings. The Balaban J connectivity index is 1.29. The number of carbonyl (C=O) groups is 1. The second-order valence-electron chi connectivity index (χ2n) is 7.96. The van der Waals surface area contributed by atoms with Crippen LogP contribution in [0.25, 0.3) is 20.9 Å². The second kappa shape index (κ2) is 8.94. The van der Waals surface area contributed by atoms with Crippen LogP contribution in [0.4, 0.5) is 5.13 Å². The van der Waals surface area contributed by atoms with Gasteiger partial charge in [-0.05, 0) is 56.2 Å². The maximum Gasteiger partial charge on any atom is 0.257 e. The number of hydrogen-bond donors (Lipinski definition) is 1. The zero-order chi connectivity index (χ0) is 23.0. The highest BCUT2D eigenvalue weighted by Crippen LogP contribution is 2.32. The number of piperidine rings is 1. The number of carbonyl (C=O) groups excluding carboxylic acids is 1. The van der Waals surface area contributed by atoms with Gasteiger partial charge in [-0.1, -0.05) is 18.6 Å². The van der Waals surface area contributed by atoms with E-state index >= 15 is 0 Å². The quantitative estimate of drug-likeness (QED) is 0.406. The van der Waals surface area contributed by atoms with Crippen LogP contribution < -0.4 is 5.32 Å². The van der Waals surface area contributed by atoms with Crippen molar-refractivity contribution < 1.29 is 13.2 Å². The molecule has 7 nitrogen and oxygen atoms in total. The maximum atomic E-state index is 13.0. The molecule has 1 atom stereocenters. The number of anilines is 1. The van der Waals surface area contributed by atoms with Gasteiger partial charge in [0, 0.05) is 23.5 Å². The molecule has 33 heavy (non-hydrogen) atoms. The van der Waals surface area contributed by atoms with E-state index in [1.165, 1.54) is 23.5 Å². The average molecular weight is 499 g/mol. The molecule has 0 spiro atoms. The molecule has 4 aromatic rings. The van der Waals surface area contributed by atoms with Gasteiger partial charge < -0.3 is 0 Å². The lowest BCUT2D eigenvalue weighted by Gasteiger charge is -2.32. The fourth-order valence-corrected chi connectivity index (χ4v) is 7.31. The topological polar surface area (TPSA) is 92.3 Å². The summed E-state index contributed by atoms with van der Waals surface area (Å²) in [5.41, 5.74) is 2.01. The predicted molar refractivity (Wildman–Crippen MR) is 132 cm³/mol. The van der Waals surface area contributed by atoms with Crippen LogP contribution in [0.15, 0.2) is 58.8 Å². The number of sulfonamides is 1. The molecule has 1 unspecified atom stereocenters. The van der Waals surface area contributed by atoms with Crippen LogP contribution in [0.5, 0.6) is 0 Å². The molecule has 1 aliphatic rings. The number of para-hydroxylation sites is 1. The molecule has 2 aromatic heterocycles. The van der Waals surface area contributed by atoms with Gasteiger partial charge in [-0.15, -0.1) is 22.7 Å². The molecule has 170 valence electrons. The second-order valence-corrected chi connectivity index (χ2v) is 11.7. The van der Waals surface area contributed by atoms with E-state index in [2.05, 4.69) is 15.3 Å². The number of nitrogens with one attached hydrogen (secondary N) is 1. The SMILES string of the molecule is CC1CCCCN1S(=O)(=O)c1ccc(C(=O)Nc2nc(-c3nc4ccccc4s3)cs2)cc1. The normalized spacial score (nSPS) is 17.3. The Morgan fingerprint density at radius 1 is 1.09 bits per heavy atom. The summed E-state index contributed by atoms with van der Waals surface area (Å²) in [6.07, 6.45) is 2.78. The third-order valence-corrected chi connectivity index (χ3v) is 9.55. The number of thiazole rings is 2. The van der Waals surface area contributed by atoms with Crippen molar-refractivity contribution in [2.24, 2.45) is 0 Å². The number of amides is 1. The molecule has 0 radical (unpaired) electrons. The van der Waals surface area contributed by atoms with Crippen LogP contribution in [0.2, 0.25) is 0 Å². The van der Waals surface area contributed by atoms with E-state index in [1.54, 1.807) is 27.8 Å². The van der Waals surface area contributed by atoms with Gasteiger partial charge in [-0.25, -0.2) is 18.4 Å². The van der Waals surface area contributed by atoms with Crippen LogP contribution in [0, 0.1) is 0 Å². The predicted octanol–water partition coefficient (Wildman–Crippen LogP) is 5.24. The van der Waals surface area contributed by atoms with E-state index in [9.17, 15) is 13.2 Å². The molecule has 10 heteroatoms. The lowest BCUT2D eigenvalue weighted by Crippen LogP contribution is -2.41. The van der Waals surface area contributed by atoms with Gasteiger partial charge in [0.15, 0.2) is 5.13 Å². The minimum atomic E-state index is -3.57. The van der Waals surface area contributed by atoms with E-state index in [0.29, 0.717) is 22.9 Å². The lowest BCUT2D eigenvalue weighted by molar-refractivity contribution is 0.102. The Morgan fingerprint density at radius 2 is 1.88 bits per heavy atom. The van der Waals surface area contributed by atoms with Gasteiger partial charge in [-0.2, -0.15) is 4.31 Å². The molecule has 2 aromatic carbocycles. The molecule has 1 saturated heterocycles. The van der Waals surface area contributed by atoms with Crippen LogP contribution in [-0.2, 0) is 10.0 Å². The Kier molecular flexibility index (Phi) is 6.00. The third kappa shape index (κ3) is 4.43. The van der Waals surface area contributed by atoms with Crippen LogP contribution in [0.3, 0.4) is 0 Å². The maximum absolute atomic E-state index is 13.0. The van der Waals surface area contributed by atoms with E-state index in [4.69, 9.17) is 0 Å². The minimum Gasteiger partial charge on any atom is -0.298 e. The van der Waals surface area contributed by atoms with Crippen LogP contribution in [0.1, 0.15) is 36.5 Å². The Morgan fingerprint density at radius 3 is 2.64 bits per heavy atom. The number of fused-ring (bicyclic) bond motifs is 1. The summed E-state index contributed by atoms with van der Waals surface area (Å²) >= 11 is 2.88. The monoisotopic (exact) mass is 498 g/mol. The molecule has 1 aliphatic heterocycles. The van der Waals surface area contributed by atoms with Crippen molar-refractivity contribution in [1.82, 2.24) is 14.3 Å². The van der Waals surface area contributed by atoms with Crippen molar-refractivity contribution in [3.8, 4) is 10.7 Å². The van der Waals surface area contributed by atoms with Crippen molar-refractivity contribution in [2.45, 2.75) is 37.1 Å². The number of hydrogen-bond acceptors (Lipinski definition) is 7. The first-order valence-electron chi connectivity index (χ1n) is 10.7. The molecule has 3 heterocycles. The van der Waals surface area contributed by atoms with Crippen molar-refractivity contribution in [3.05, 3.63) is 59.5 Å². The largest absolute Gasteiger partial charge is 0.298 e. The Hall–Kier alpha value is -2.66. The van der Waals surface area contributed by atoms with E-state index in [1.807, 2.05) is 36.6 Å². The highest BCUT2D eigenvalue weighted by molar-refractivity contribution is 7.89. The van der Waals surface area contributed by atoms with E-state index in [0.717, 1.165) is 34.5 Å². The van der Waals surface area contributed by atoms with E-state index < -0.39 is 10.0 Å². The summed E-state index contributed by atoms with van der Waals surface area (Å²) in [5.74, 6) is -0.338. The van der Waals surface area contributed by atoms with Gasteiger partial charge in [0.05, 0.1) is 15.1 Å². The number of benzene rings is 2. The van der Waals surface area contributed by atoms with Gasteiger partial charge in [-0.3, -0.25) is 10.1 Å². The molecule has 0 bridgehead atoms. The van der Waals surface area contributed by atoms with Crippen molar-refractivity contribution >= 4 is 54.0 Å². The molecule has 1 N–H and O–H groups in total. The van der Waals surface area contributed by atoms with Gasteiger partial charge >= 0.3 is 0 Å². The highest BCUT2D eigenvalue weighted by atomic mass is 32.2. The molecule has 0 saturated carbocycles. The van der Waals surface area contributed by atoms with Crippen LogP contribution >= 0.6 is 22.7 Å². The summed E-state index contributed by atoms with van der Waals surface area (Å²) in [6.45, 7) is 2.47. The number of aromatic nitrogens is 2. The zero-order valence-electron chi connectivity index (χ0n) is 17.9. The number of nitrogens with zero attached hydrogens (tertiary/aromatic N) is 3. The Labute approximate surface area is 200 Å². The zero-order valence-corrected chi connectivity index (χ0v) is 20.3. The fourth-order valence-electron chi connectivity index (χ4n) is 3.92. The standard InChI is InChI=1S/C23H22N4O3S3/c1-15-6-4-5-13-27(15)33(29,30)17-11-9-16(10-12-17)21(28)26-23-25-19(14-31-23)22-24-18-7-2-3-8-20(18)32-22/h2-3,7-12,14-15H,4-6,13H2,1H3,(H,25,26,28). The molecule has 5 rings (SSSR count). The van der Waals surface area contributed by atoms with Crippen molar-refractivity contribution in [1.29, 1.82) is 0 Å². The first kappa shape index (κ1) is 22.1. The minimum absolute atomic E-state index is 0.0127. The average Bonchev–Trinajstić information content (AvgIpc) is 3.46. The van der Waals surface area contributed by atoms with Crippen molar-refractivity contribution in [3.63, 3.8) is 0 Å². The number of rotatable bonds is 5.